The molecule has 0 saturated carbocycles. The van der Waals surface area contributed by atoms with Crippen LogP contribution in [0.2, 0.25) is 10.0 Å². The Kier molecular flexibility index (Phi) is 5.96. The van der Waals surface area contributed by atoms with Gasteiger partial charge in [-0.3, -0.25) is 4.90 Å². The van der Waals surface area contributed by atoms with Gasteiger partial charge in [-0.05, 0) is 62.7 Å². The topological polar surface area (TPSA) is 15.3 Å². The molecule has 1 heterocycles. The molecule has 1 saturated heterocycles. The largest absolute Gasteiger partial charge is 0.317 e. The number of rotatable bonds is 5. The summed E-state index contributed by atoms with van der Waals surface area (Å²) >= 11 is 12.4. The lowest BCUT2D eigenvalue weighted by atomic mass is 10.0. The molecule has 0 aromatic heterocycles. The first-order valence-electron chi connectivity index (χ1n) is 7.09. The molecule has 0 radical (unpaired) electrons. The summed E-state index contributed by atoms with van der Waals surface area (Å²) in [6.07, 6.45) is 3.61. The molecule has 0 amide bonds. The van der Waals surface area contributed by atoms with E-state index in [-0.39, 0.29) is 0 Å². The van der Waals surface area contributed by atoms with Gasteiger partial charge in [-0.15, -0.1) is 0 Å². The highest BCUT2D eigenvalue weighted by Crippen LogP contribution is 2.24. The van der Waals surface area contributed by atoms with Crippen LogP contribution in [0.4, 0.5) is 0 Å². The van der Waals surface area contributed by atoms with Crippen LogP contribution in [0, 0.1) is 0 Å². The predicted molar refractivity (Wildman–Crippen MR) is 83.1 cm³/mol. The van der Waals surface area contributed by atoms with Crippen molar-refractivity contribution in [3.05, 3.63) is 33.8 Å². The maximum atomic E-state index is 6.28. The minimum atomic E-state index is 0.663. The molecule has 0 atom stereocenters. The third-order valence-corrected chi connectivity index (χ3v) is 4.32. The molecular formula is C15H22Cl2N2. The van der Waals surface area contributed by atoms with Gasteiger partial charge in [-0.25, -0.2) is 0 Å². The van der Waals surface area contributed by atoms with Crippen LogP contribution in [-0.2, 0) is 6.54 Å². The van der Waals surface area contributed by atoms with Crippen molar-refractivity contribution < 1.29 is 0 Å². The standard InChI is InChI=1S/C15H22Cl2N2/c1-2-9-19(14-5-7-18-8-6-14)11-12-10-13(16)3-4-15(12)17/h3-4,10,14,18H,2,5-9,11H2,1H3. The molecular weight excluding hydrogens is 279 g/mol. The van der Waals surface area contributed by atoms with E-state index in [1.165, 1.54) is 19.3 Å². The Labute approximate surface area is 126 Å². The van der Waals surface area contributed by atoms with E-state index in [1.807, 2.05) is 18.2 Å². The summed E-state index contributed by atoms with van der Waals surface area (Å²) in [6.45, 7) is 6.49. The van der Waals surface area contributed by atoms with E-state index < -0.39 is 0 Å². The number of hydrogen-bond donors (Lipinski definition) is 1. The van der Waals surface area contributed by atoms with E-state index >= 15 is 0 Å². The normalized spacial score (nSPS) is 17.1. The molecule has 1 aliphatic rings. The zero-order chi connectivity index (χ0) is 13.7. The summed E-state index contributed by atoms with van der Waals surface area (Å²) in [5.74, 6) is 0. The van der Waals surface area contributed by atoms with Crippen molar-refractivity contribution in [3.8, 4) is 0 Å². The maximum Gasteiger partial charge on any atom is 0.0452 e. The van der Waals surface area contributed by atoms with Crippen LogP contribution >= 0.6 is 23.2 Å². The summed E-state index contributed by atoms with van der Waals surface area (Å²) in [5, 5.41) is 5.01. The Bertz CT molecular complexity index is 403. The van der Waals surface area contributed by atoms with Gasteiger partial charge >= 0.3 is 0 Å². The van der Waals surface area contributed by atoms with Gasteiger partial charge in [-0.1, -0.05) is 30.1 Å². The second-order valence-corrected chi connectivity index (χ2v) is 6.03. The Morgan fingerprint density at radius 2 is 2.00 bits per heavy atom. The van der Waals surface area contributed by atoms with Crippen molar-refractivity contribution in [2.45, 2.75) is 38.8 Å². The average molecular weight is 301 g/mol. The maximum absolute atomic E-state index is 6.28. The Morgan fingerprint density at radius 1 is 1.26 bits per heavy atom. The van der Waals surface area contributed by atoms with Gasteiger partial charge in [0.15, 0.2) is 0 Å². The minimum Gasteiger partial charge on any atom is -0.317 e. The lowest BCUT2D eigenvalue weighted by Crippen LogP contribution is -2.43. The molecule has 1 N–H and O–H groups in total. The molecule has 106 valence electrons. The van der Waals surface area contributed by atoms with Crippen LogP contribution in [0.15, 0.2) is 18.2 Å². The minimum absolute atomic E-state index is 0.663. The molecule has 2 nitrogen and oxygen atoms in total. The van der Waals surface area contributed by atoms with Crippen LogP contribution in [0.25, 0.3) is 0 Å². The number of nitrogens with zero attached hydrogens (tertiary/aromatic N) is 1. The van der Waals surface area contributed by atoms with Crippen molar-refractivity contribution in [1.29, 1.82) is 0 Å². The van der Waals surface area contributed by atoms with E-state index in [0.29, 0.717) is 6.04 Å². The zero-order valence-corrected chi connectivity index (χ0v) is 13.0. The van der Waals surface area contributed by atoms with Crippen LogP contribution in [0.3, 0.4) is 0 Å². The summed E-state index contributed by atoms with van der Waals surface area (Å²) in [5.41, 5.74) is 1.14. The molecule has 0 aliphatic carbocycles. The molecule has 2 rings (SSSR count). The van der Waals surface area contributed by atoms with E-state index in [2.05, 4.69) is 17.1 Å². The van der Waals surface area contributed by atoms with Gasteiger partial charge in [0.25, 0.3) is 0 Å². The van der Waals surface area contributed by atoms with Gasteiger partial charge in [0.2, 0.25) is 0 Å². The average Bonchev–Trinajstić information content (AvgIpc) is 2.43. The van der Waals surface area contributed by atoms with Crippen molar-refractivity contribution >= 4 is 23.2 Å². The van der Waals surface area contributed by atoms with Crippen LogP contribution in [0.1, 0.15) is 31.7 Å². The zero-order valence-electron chi connectivity index (χ0n) is 11.5. The highest BCUT2D eigenvalue weighted by atomic mass is 35.5. The molecule has 1 aromatic rings. The fourth-order valence-electron chi connectivity index (χ4n) is 2.73. The van der Waals surface area contributed by atoms with Crippen LogP contribution in [-0.4, -0.2) is 30.6 Å². The lowest BCUT2D eigenvalue weighted by Gasteiger charge is -2.34. The molecule has 0 bridgehead atoms. The number of nitrogens with one attached hydrogen (secondary N) is 1. The van der Waals surface area contributed by atoms with Crippen molar-refractivity contribution in [1.82, 2.24) is 10.2 Å². The third-order valence-electron chi connectivity index (χ3n) is 3.72. The van der Waals surface area contributed by atoms with Crippen molar-refractivity contribution in [3.63, 3.8) is 0 Å². The molecule has 19 heavy (non-hydrogen) atoms. The molecule has 1 aromatic carbocycles. The fraction of sp³-hybridized carbons (Fsp3) is 0.600. The molecule has 0 unspecified atom stereocenters. The second-order valence-electron chi connectivity index (χ2n) is 5.19. The summed E-state index contributed by atoms with van der Waals surface area (Å²) in [7, 11) is 0. The molecule has 0 spiro atoms. The Balaban J connectivity index is 2.08. The molecule has 1 aliphatic heterocycles. The monoisotopic (exact) mass is 300 g/mol. The van der Waals surface area contributed by atoms with E-state index in [4.69, 9.17) is 23.2 Å². The number of benzene rings is 1. The van der Waals surface area contributed by atoms with Gasteiger partial charge in [0, 0.05) is 22.6 Å². The second kappa shape index (κ2) is 7.49. The SMILES string of the molecule is CCCN(Cc1cc(Cl)ccc1Cl)C1CCNCC1. The van der Waals surface area contributed by atoms with Gasteiger partial charge < -0.3 is 5.32 Å². The summed E-state index contributed by atoms with van der Waals surface area (Å²) in [4.78, 5) is 2.55. The first-order chi connectivity index (χ1) is 9.20. The Morgan fingerprint density at radius 3 is 2.68 bits per heavy atom. The smallest absolute Gasteiger partial charge is 0.0452 e. The van der Waals surface area contributed by atoms with Crippen molar-refractivity contribution in [2.75, 3.05) is 19.6 Å². The van der Waals surface area contributed by atoms with Gasteiger partial charge in [-0.2, -0.15) is 0 Å². The van der Waals surface area contributed by atoms with Gasteiger partial charge in [0.05, 0.1) is 0 Å². The molecule has 1 fully saturated rings. The van der Waals surface area contributed by atoms with Gasteiger partial charge in [0.1, 0.15) is 0 Å². The van der Waals surface area contributed by atoms with E-state index in [0.717, 1.165) is 41.8 Å². The summed E-state index contributed by atoms with van der Waals surface area (Å²) < 4.78 is 0. The fourth-order valence-corrected chi connectivity index (χ4v) is 3.11. The van der Waals surface area contributed by atoms with Crippen LogP contribution < -0.4 is 5.32 Å². The number of piperidine rings is 1. The highest BCUT2D eigenvalue weighted by Gasteiger charge is 2.21. The first-order valence-corrected chi connectivity index (χ1v) is 7.85. The third kappa shape index (κ3) is 4.35. The quantitative estimate of drug-likeness (QED) is 0.885. The first kappa shape index (κ1) is 15.1. The van der Waals surface area contributed by atoms with E-state index in [9.17, 15) is 0 Å². The summed E-state index contributed by atoms with van der Waals surface area (Å²) in [6, 6.07) is 6.40. The highest BCUT2D eigenvalue weighted by molar-refractivity contribution is 6.33. The molecule has 4 heteroatoms. The number of hydrogen-bond acceptors (Lipinski definition) is 2. The Hall–Kier alpha value is -0.280. The predicted octanol–water partition coefficient (Wildman–Crippen LogP) is 3.96. The van der Waals surface area contributed by atoms with Crippen LogP contribution in [0.5, 0.6) is 0 Å². The number of halogens is 2. The lowest BCUT2D eigenvalue weighted by molar-refractivity contribution is 0.154. The van der Waals surface area contributed by atoms with Crippen molar-refractivity contribution in [2.24, 2.45) is 0 Å². The van der Waals surface area contributed by atoms with E-state index in [1.54, 1.807) is 0 Å².